The molecule has 1 aliphatic rings. The highest BCUT2D eigenvalue weighted by Gasteiger charge is 2.27. The van der Waals surface area contributed by atoms with Gasteiger partial charge in [0.15, 0.2) is 5.13 Å². The summed E-state index contributed by atoms with van der Waals surface area (Å²) in [7, 11) is 0.342. The van der Waals surface area contributed by atoms with E-state index in [1.807, 2.05) is 31.1 Å². The molecule has 0 bridgehead atoms. The minimum Gasteiger partial charge on any atom is -0.308 e. The van der Waals surface area contributed by atoms with Gasteiger partial charge >= 0.3 is 0 Å². The SMILES string of the molecule is CN(C)CCN(C(=O)c1ccc(S(=O)(=O)N2CCCCC2)cc1)c1nc2c(Cl)cccc2s1. The van der Waals surface area contributed by atoms with Gasteiger partial charge in [0.1, 0.15) is 5.52 Å². The summed E-state index contributed by atoms with van der Waals surface area (Å²) in [6.07, 6.45) is 2.81. The number of rotatable bonds is 7. The number of carbonyl (C=O) groups is 1. The van der Waals surface area contributed by atoms with Gasteiger partial charge in [0.25, 0.3) is 5.91 Å². The first kappa shape index (κ1) is 24.1. The number of amides is 1. The molecule has 0 saturated carbocycles. The van der Waals surface area contributed by atoms with Gasteiger partial charge in [-0.15, -0.1) is 0 Å². The molecule has 0 spiro atoms. The van der Waals surface area contributed by atoms with Crippen LogP contribution >= 0.6 is 22.9 Å². The topological polar surface area (TPSA) is 73.8 Å². The lowest BCUT2D eigenvalue weighted by molar-refractivity contribution is 0.0985. The fraction of sp³-hybridized carbons (Fsp3) is 0.391. The Kier molecular flexibility index (Phi) is 7.35. The van der Waals surface area contributed by atoms with Gasteiger partial charge in [0.05, 0.1) is 14.6 Å². The fourth-order valence-electron chi connectivity index (χ4n) is 3.78. The Hall–Kier alpha value is -2.04. The van der Waals surface area contributed by atoms with Gasteiger partial charge in [0.2, 0.25) is 10.0 Å². The Morgan fingerprint density at radius 3 is 2.39 bits per heavy atom. The van der Waals surface area contributed by atoms with E-state index in [0.717, 1.165) is 24.0 Å². The van der Waals surface area contributed by atoms with Crippen molar-refractivity contribution in [2.45, 2.75) is 24.2 Å². The molecule has 1 fully saturated rings. The smallest absolute Gasteiger partial charge is 0.260 e. The summed E-state index contributed by atoms with van der Waals surface area (Å²) in [5, 5.41) is 1.11. The van der Waals surface area contributed by atoms with E-state index in [0.29, 0.717) is 47.4 Å². The third kappa shape index (κ3) is 5.22. The Balaban J connectivity index is 1.62. The number of likely N-dealkylation sites (N-methyl/N-ethyl adjacent to an activating group) is 1. The first-order valence-electron chi connectivity index (χ1n) is 10.9. The molecule has 0 aliphatic carbocycles. The highest BCUT2D eigenvalue weighted by Crippen LogP contribution is 2.33. The third-order valence-electron chi connectivity index (χ3n) is 5.66. The van der Waals surface area contributed by atoms with Crippen LogP contribution in [0.1, 0.15) is 29.6 Å². The van der Waals surface area contributed by atoms with Gasteiger partial charge in [-0.2, -0.15) is 4.31 Å². The zero-order valence-electron chi connectivity index (χ0n) is 18.7. The summed E-state index contributed by atoms with van der Waals surface area (Å²) in [6.45, 7) is 2.18. The van der Waals surface area contributed by atoms with Crippen molar-refractivity contribution in [1.82, 2.24) is 14.2 Å². The maximum atomic E-state index is 13.5. The highest BCUT2D eigenvalue weighted by molar-refractivity contribution is 7.89. The fourth-order valence-corrected chi connectivity index (χ4v) is 6.59. The molecule has 10 heteroatoms. The number of benzene rings is 2. The van der Waals surface area contributed by atoms with E-state index in [-0.39, 0.29) is 10.8 Å². The normalized spacial score (nSPS) is 15.3. The number of piperidine rings is 1. The van der Waals surface area contributed by atoms with Crippen molar-refractivity contribution >= 4 is 54.2 Å². The number of thiazole rings is 1. The molecule has 2 aromatic carbocycles. The maximum Gasteiger partial charge on any atom is 0.260 e. The molecular formula is C23H27ClN4O3S2. The molecule has 2 heterocycles. The van der Waals surface area contributed by atoms with Crippen molar-refractivity contribution in [3.05, 3.63) is 53.1 Å². The Bertz CT molecular complexity index is 1240. The van der Waals surface area contributed by atoms with Gasteiger partial charge < -0.3 is 4.90 Å². The van der Waals surface area contributed by atoms with E-state index in [1.54, 1.807) is 23.1 Å². The molecular weight excluding hydrogens is 480 g/mol. The lowest BCUT2D eigenvalue weighted by Gasteiger charge is -2.26. The van der Waals surface area contributed by atoms with Crippen LogP contribution < -0.4 is 4.90 Å². The minimum absolute atomic E-state index is 0.215. The van der Waals surface area contributed by atoms with Crippen LogP contribution in [0.5, 0.6) is 0 Å². The summed E-state index contributed by atoms with van der Waals surface area (Å²) in [5.41, 5.74) is 1.08. The van der Waals surface area contributed by atoms with Crippen molar-refractivity contribution in [2.75, 3.05) is 45.2 Å². The molecule has 1 saturated heterocycles. The molecule has 1 aromatic heterocycles. The number of halogens is 1. The number of aromatic nitrogens is 1. The molecule has 0 unspecified atom stereocenters. The van der Waals surface area contributed by atoms with Crippen molar-refractivity contribution in [1.29, 1.82) is 0 Å². The number of nitrogens with zero attached hydrogens (tertiary/aromatic N) is 4. The van der Waals surface area contributed by atoms with Gasteiger partial charge in [-0.05, 0) is 63.3 Å². The van der Waals surface area contributed by atoms with E-state index in [4.69, 9.17) is 11.6 Å². The molecule has 176 valence electrons. The van der Waals surface area contributed by atoms with Crippen LogP contribution in [0.4, 0.5) is 5.13 Å². The monoisotopic (exact) mass is 506 g/mol. The van der Waals surface area contributed by atoms with Gasteiger partial charge in [0, 0.05) is 31.7 Å². The van der Waals surface area contributed by atoms with Gasteiger partial charge in [-0.25, -0.2) is 13.4 Å². The van der Waals surface area contributed by atoms with Crippen LogP contribution in [0.25, 0.3) is 10.2 Å². The predicted octanol–water partition coefficient (Wildman–Crippen LogP) is 4.33. The second-order valence-electron chi connectivity index (χ2n) is 8.33. The van der Waals surface area contributed by atoms with E-state index < -0.39 is 10.0 Å². The maximum absolute atomic E-state index is 13.5. The lowest BCUT2D eigenvalue weighted by Crippen LogP contribution is -2.37. The number of fused-ring (bicyclic) bond motifs is 1. The van der Waals surface area contributed by atoms with Crippen LogP contribution in [-0.2, 0) is 10.0 Å². The van der Waals surface area contributed by atoms with Crippen molar-refractivity contribution in [3.8, 4) is 0 Å². The molecule has 0 radical (unpaired) electrons. The number of sulfonamides is 1. The largest absolute Gasteiger partial charge is 0.308 e. The second-order valence-corrected chi connectivity index (χ2v) is 11.7. The summed E-state index contributed by atoms with van der Waals surface area (Å²) in [6, 6.07) is 11.8. The summed E-state index contributed by atoms with van der Waals surface area (Å²) < 4.78 is 28.3. The zero-order chi connectivity index (χ0) is 23.6. The van der Waals surface area contributed by atoms with Crippen LogP contribution in [0, 0.1) is 0 Å². The summed E-state index contributed by atoms with van der Waals surface area (Å²) in [4.78, 5) is 21.9. The Morgan fingerprint density at radius 2 is 1.76 bits per heavy atom. The molecule has 33 heavy (non-hydrogen) atoms. The number of carbonyl (C=O) groups excluding carboxylic acids is 1. The number of hydrogen-bond donors (Lipinski definition) is 0. The van der Waals surface area contributed by atoms with Crippen LogP contribution in [0.2, 0.25) is 5.02 Å². The first-order chi connectivity index (χ1) is 15.8. The van der Waals surface area contributed by atoms with E-state index in [9.17, 15) is 13.2 Å². The number of anilines is 1. The van der Waals surface area contributed by atoms with E-state index in [1.165, 1.54) is 27.8 Å². The molecule has 7 nitrogen and oxygen atoms in total. The van der Waals surface area contributed by atoms with E-state index >= 15 is 0 Å². The highest BCUT2D eigenvalue weighted by atomic mass is 35.5. The Morgan fingerprint density at radius 1 is 1.06 bits per heavy atom. The minimum atomic E-state index is -3.54. The second kappa shape index (κ2) is 10.1. The van der Waals surface area contributed by atoms with Crippen LogP contribution in [-0.4, -0.2) is 68.8 Å². The summed E-state index contributed by atoms with van der Waals surface area (Å²) in [5.74, 6) is -0.228. The van der Waals surface area contributed by atoms with Crippen LogP contribution in [0.15, 0.2) is 47.4 Å². The van der Waals surface area contributed by atoms with Crippen molar-refractivity contribution in [2.24, 2.45) is 0 Å². The van der Waals surface area contributed by atoms with Crippen molar-refractivity contribution in [3.63, 3.8) is 0 Å². The number of hydrogen-bond acceptors (Lipinski definition) is 6. The van der Waals surface area contributed by atoms with Gasteiger partial charge in [-0.3, -0.25) is 9.69 Å². The molecule has 1 aliphatic heterocycles. The molecule has 0 N–H and O–H groups in total. The molecule has 4 rings (SSSR count). The molecule has 3 aromatic rings. The predicted molar refractivity (Wildman–Crippen MR) is 134 cm³/mol. The summed E-state index contributed by atoms with van der Waals surface area (Å²) >= 11 is 7.70. The van der Waals surface area contributed by atoms with Crippen molar-refractivity contribution < 1.29 is 13.2 Å². The van der Waals surface area contributed by atoms with E-state index in [2.05, 4.69) is 4.98 Å². The third-order valence-corrected chi connectivity index (χ3v) is 8.92. The number of para-hydroxylation sites is 1. The quantitative estimate of drug-likeness (QED) is 0.476. The zero-order valence-corrected chi connectivity index (χ0v) is 21.1. The first-order valence-corrected chi connectivity index (χ1v) is 13.5. The van der Waals surface area contributed by atoms with Gasteiger partial charge in [-0.1, -0.05) is 35.4 Å². The average molecular weight is 507 g/mol. The standard InChI is InChI=1S/C23H27ClN4O3S2/c1-26(2)15-16-28(23-25-21-19(24)7-6-8-20(21)32-23)22(29)17-9-11-18(12-10-17)33(30,31)27-13-4-3-5-14-27/h6-12H,3-5,13-16H2,1-2H3. The molecule has 1 amide bonds. The molecule has 0 atom stereocenters. The lowest BCUT2D eigenvalue weighted by atomic mass is 10.2. The average Bonchev–Trinajstić information content (AvgIpc) is 3.25. The Labute approximate surface area is 203 Å². The van der Waals surface area contributed by atoms with Crippen LogP contribution in [0.3, 0.4) is 0 Å².